The molecule has 0 aromatic carbocycles. The third-order valence-electron chi connectivity index (χ3n) is 4.92. The summed E-state index contributed by atoms with van der Waals surface area (Å²) in [5.74, 6) is 0. The number of hydrogen-bond acceptors (Lipinski definition) is 0. The van der Waals surface area contributed by atoms with E-state index in [1.807, 2.05) is 0 Å². The summed E-state index contributed by atoms with van der Waals surface area (Å²) in [6, 6.07) is 1.48. The van der Waals surface area contributed by atoms with Gasteiger partial charge in [-0.15, -0.1) is 19.0 Å². The van der Waals surface area contributed by atoms with Crippen molar-refractivity contribution >= 4 is 15.1 Å². The fourth-order valence-electron chi connectivity index (χ4n) is 3.12. The van der Waals surface area contributed by atoms with E-state index in [9.17, 15) is 0 Å². The molecule has 0 atom stereocenters. The zero-order chi connectivity index (χ0) is 14.3. The number of hydrogen-bond donors (Lipinski definition) is 0. The van der Waals surface area contributed by atoms with E-state index in [0.717, 1.165) is 0 Å². The molecule has 0 unspecified atom stereocenters. The third-order valence-corrected chi connectivity index (χ3v) is 6.40. The van der Waals surface area contributed by atoms with E-state index in [4.69, 9.17) is 0 Å². The van der Waals surface area contributed by atoms with Crippen LogP contribution in [0.15, 0.2) is 18.7 Å². The van der Waals surface area contributed by atoms with E-state index in [1.54, 1.807) is 0 Å². The van der Waals surface area contributed by atoms with Gasteiger partial charge >= 0.3 is 0 Å². The van der Waals surface area contributed by atoms with Crippen LogP contribution in [0.5, 0.6) is 0 Å². The first-order chi connectivity index (χ1) is 9.07. The lowest BCUT2D eigenvalue weighted by Crippen LogP contribution is -2.62. The van der Waals surface area contributed by atoms with Gasteiger partial charge in [0.15, 0.2) is 12.6 Å². The number of nitrogens with zero attached hydrogens (tertiary/aromatic N) is 2. The van der Waals surface area contributed by atoms with Crippen LogP contribution in [0.2, 0.25) is 38.1 Å². The fourth-order valence-corrected chi connectivity index (χ4v) is 4.41. The summed E-state index contributed by atoms with van der Waals surface area (Å²) in [7, 11) is -0.438. The smallest absolute Gasteiger partial charge is 0.196 e. The summed E-state index contributed by atoms with van der Waals surface area (Å²) < 4.78 is 4.94. The quantitative estimate of drug-likeness (QED) is 0.607. The van der Waals surface area contributed by atoms with Crippen molar-refractivity contribution in [1.29, 1.82) is 0 Å². The zero-order valence-corrected chi connectivity index (χ0v) is 14.9. The number of aryl methyl sites for hydroxylation is 1. The molecule has 1 rings (SSSR count). The Morgan fingerprint density at radius 1 is 1.16 bits per heavy atom. The van der Waals surface area contributed by atoms with Crippen LogP contribution in [0.25, 0.3) is 0 Å². The largest absolute Gasteiger partial charge is 0.435 e. The van der Waals surface area contributed by atoms with Gasteiger partial charge in [-0.1, -0.05) is 46.3 Å². The summed E-state index contributed by atoms with van der Waals surface area (Å²) in [6.45, 7) is 13.1. The highest BCUT2D eigenvalue weighted by atomic mass is 28.3. The maximum absolute atomic E-state index is 2.56. The van der Waals surface area contributed by atoms with E-state index in [2.05, 4.69) is 61.6 Å². The number of unbranched alkanes of at least 4 members (excludes halogenated alkanes) is 1. The molecule has 0 spiro atoms. The highest BCUT2D eigenvalue weighted by Gasteiger charge is 2.29. The van der Waals surface area contributed by atoms with E-state index in [0.29, 0.717) is 0 Å². The van der Waals surface area contributed by atoms with Gasteiger partial charge in [-0.3, -0.25) is 0 Å². The summed E-state index contributed by atoms with van der Waals surface area (Å²) in [4.78, 5) is 0. The van der Waals surface area contributed by atoms with Crippen LogP contribution in [-0.2, 0) is 6.54 Å². The van der Waals surface area contributed by atoms with Crippen molar-refractivity contribution in [3.63, 3.8) is 0 Å². The highest BCUT2D eigenvalue weighted by Crippen LogP contribution is 2.20. The lowest BCUT2D eigenvalue weighted by molar-refractivity contribution is -0.548. The Bertz CT molecular complexity index is 359. The molecule has 110 valence electrons. The predicted molar refractivity (Wildman–Crippen MR) is 90.1 cm³/mol. The van der Waals surface area contributed by atoms with Gasteiger partial charge in [-0.25, -0.2) is 4.57 Å². The first-order valence-corrected chi connectivity index (χ1v) is 11.5. The average Bonchev–Trinajstić information content (AvgIpc) is 2.87. The van der Waals surface area contributed by atoms with Crippen LogP contribution in [0, 0.1) is 0 Å². The summed E-state index contributed by atoms with van der Waals surface area (Å²) in [6.07, 6.45) is 13.2. The second-order valence-corrected chi connectivity index (χ2v) is 10.0. The standard InChI is InChI=1S/C15H33BN2Si/c1-6-9-11-17-12-13-18(15-17)16(7-2,8-3)10-14-19(4)5/h12-13,15,19H,6-11,14H2,1-5H3. The Morgan fingerprint density at radius 3 is 2.37 bits per heavy atom. The highest BCUT2D eigenvalue weighted by molar-refractivity contribution is 6.73. The van der Waals surface area contributed by atoms with Crippen LogP contribution < -0.4 is 4.48 Å². The van der Waals surface area contributed by atoms with E-state index < -0.39 is 8.80 Å². The van der Waals surface area contributed by atoms with Crippen LogP contribution in [0.4, 0.5) is 0 Å². The number of rotatable bonds is 9. The molecule has 0 bridgehead atoms. The molecule has 0 N–H and O–H groups in total. The topological polar surface area (TPSA) is 8.81 Å². The van der Waals surface area contributed by atoms with Gasteiger partial charge in [-0.05, 0) is 6.42 Å². The fraction of sp³-hybridized carbons (Fsp3) is 0.800. The number of aromatic nitrogens is 2. The van der Waals surface area contributed by atoms with Gasteiger partial charge in [0.2, 0.25) is 0 Å². The first kappa shape index (κ1) is 16.5. The normalized spacial score (nSPS) is 12.3. The van der Waals surface area contributed by atoms with Crippen LogP contribution in [-0.4, -0.2) is 19.6 Å². The monoisotopic (exact) mass is 280 g/mol. The van der Waals surface area contributed by atoms with Crippen molar-refractivity contribution in [2.45, 2.75) is 78.3 Å². The van der Waals surface area contributed by atoms with Gasteiger partial charge in [0.1, 0.15) is 6.20 Å². The molecule has 1 aromatic heterocycles. The molecule has 4 heteroatoms. The Hall–Kier alpha value is -0.508. The Labute approximate surface area is 121 Å². The molecule has 2 nitrogen and oxygen atoms in total. The van der Waals surface area contributed by atoms with Gasteiger partial charge in [0.05, 0.1) is 12.7 Å². The predicted octanol–water partition coefficient (Wildman–Crippen LogP) is 3.90. The molecule has 0 saturated heterocycles. The maximum Gasteiger partial charge on any atom is 0.196 e. The molecule has 1 heterocycles. The zero-order valence-electron chi connectivity index (χ0n) is 13.7. The summed E-state index contributed by atoms with van der Waals surface area (Å²) in [5, 5.41) is 0. The van der Waals surface area contributed by atoms with Crippen molar-refractivity contribution in [3.8, 4) is 0 Å². The Kier molecular flexibility index (Phi) is 6.91. The van der Waals surface area contributed by atoms with Crippen LogP contribution in [0.1, 0.15) is 33.6 Å². The van der Waals surface area contributed by atoms with Crippen molar-refractivity contribution in [3.05, 3.63) is 18.7 Å². The van der Waals surface area contributed by atoms with Crippen molar-refractivity contribution in [2.75, 3.05) is 0 Å². The minimum atomic E-state index is -0.438. The van der Waals surface area contributed by atoms with Crippen molar-refractivity contribution < 1.29 is 4.48 Å². The minimum Gasteiger partial charge on any atom is -0.435 e. The molecule has 0 aliphatic rings. The summed E-state index contributed by atoms with van der Waals surface area (Å²) >= 11 is 0. The minimum absolute atomic E-state index is 0.376. The van der Waals surface area contributed by atoms with E-state index >= 15 is 0 Å². The average molecular weight is 280 g/mol. The molecule has 0 aliphatic heterocycles. The Morgan fingerprint density at radius 2 is 1.84 bits per heavy atom. The number of imidazole rings is 1. The second kappa shape index (κ2) is 7.93. The molecule has 0 amide bonds. The van der Waals surface area contributed by atoms with Crippen molar-refractivity contribution in [1.82, 2.24) is 4.57 Å². The summed E-state index contributed by atoms with van der Waals surface area (Å²) in [5.41, 5.74) is 0. The molecule has 0 saturated carbocycles. The molecule has 19 heavy (non-hydrogen) atoms. The van der Waals surface area contributed by atoms with Gasteiger partial charge in [0, 0.05) is 8.80 Å². The van der Waals surface area contributed by atoms with Gasteiger partial charge in [-0.2, -0.15) is 0 Å². The second-order valence-electron chi connectivity index (χ2n) is 6.65. The maximum atomic E-state index is 2.56. The molecule has 1 aromatic rings. The lowest BCUT2D eigenvalue weighted by Gasteiger charge is -2.34. The van der Waals surface area contributed by atoms with E-state index in [-0.39, 0.29) is 6.28 Å². The molecule has 0 fully saturated rings. The molecular weight excluding hydrogens is 247 g/mol. The molecule has 0 aliphatic carbocycles. The Balaban J connectivity index is 2.82. The SMILES string of the molecule is CCCCn1cc[n+]([B-](CC)(CC)CC[SiH](C)C)c1. The molecular formula is C15H33BN2Si. The van der Waals surface area contributed by atoms with Crippen LogP contribution >= 0.6 is 0 Å². The first-order valence-electron chi connectivity index (χ1n) is 8.35. The van der Waals surface area contributed by atoms with Gasteiger partial charge in [0.25, 0.3) is 0 Å². The third kappa shape index (κ3) is 4.52. The van der Waals surface area contributed by atoms with E-state index in [1.165, 1.54) is 44.4 Å². The van der Waals surface area contributed by atoms with Crippen molar-refractivity contribution in [2.24, 2.45) is 0 Å². The lowest BCUT2D eigenvalue weighted by atomic mass is 9.30. The van der Waals surface area contributed by atoms with Crippen LogP contribution in [0.3, 0.4) is 0 Å². The molecule has 0 radical (unpaired) electrons. The van der Waals surface area contributed by atoms with Gasteiger partial charge < -0.3 is 4.48 Å².